The van der Waals surface area contributed by atoms with E-state index in [9.17, 15) is 4.79 Å². The van der Waals surface area contributed by atoms with Gasteiger partial charge in [0.25, 0.3) is 0 Å². The number of hydrazone groups is 1. The van der Waals surface area contributed by atoms with Gasteiger partial charge in [-0.2, -0.15) is 5.10 Å². The number of unbranched alkanes of at least 4 members (excludes halogenated alkanes) is 1. The Labute approximate surface area is 125 Å². The van der Waals surface area contributed by atoms with E-state index in [1.165, 1.54) is 6.21 Å². The largest absolute Gasteiger partial charge is 0.496 e. The van der Waals surface area contributed by atoms with E-state index in [1.807, 2.05) is 6.92 Å². The Morgan fingerprint density at radius 2 is 1.76 bits per heavy atom. The molecule has 0 aromatic heterocycles. The molecule has 0 aliphatic carbocycles. The van der Waals surface area contributed by atoms with Gasteiger partial charge in [-0.05, 0) is 12.5 Å². The van der Waals surface area contributed by atoms with Crippen molar-refractivity contribution in [3.63, 3.8) is 0 Å². The molecular weight excluding hydrogens is 272 g/mol. The fraction of sp³-hybridized carbons (Fsp3) is 0.467. The van der Waals surface area contributed by atoms with Gasteiger partial charge in [0, 0.05) is 18.1 Å². The number of methoxy groups -OCH3 is 3. The first kappa shape index (κ1) is 16.8. The van der Waals surface area contributed by atoms with Crippen LogP contribution in [-0.4, -0.2) is 33.5 Å². The van der Waals surface area contributed by atoms with Crippen LogP contribution in [0.25, 0.3) is 0 Å². The molecule has 0 bridgehead atoms. The number of nitrogens with zero attached hydrogens (tertiary/aromatic N) is 1. The van der Waals surface area contributed by atoms with Crippen molar-refractivity contribution in [3.8, 4) is 17.2 Å². The minimum Gasteiger partial charge on any atom is -0.496 e. The normalized spacial score (nSPS) is 10.5. The van der Waals surface area contributed by atoms with Crippen LogP contribution >= 0.6 is 0 Å². The summed E-state index contributed by atoms with van der Waals surface area (Å²) < 4.78 is 15.7. The summed E-state index contributed by atoms with van der Waals surface area (Å²) in [4.78, 5) is 11.5. The smallest absolute Gasteiger partial charge is 0.240 e. The van der Waals surface area contributed by atoms with Crippen LogP contribution in [0.2, 0.25) is 0 Å². The number of rotatable bonds is 8. The van der Waals surface area contributed by atoms with E-state index < -0.39 is 0 Å². The third-order valence-electron chi connectivity index (χ3n) is 2.89. The Morgan fingerprint density at radius 1 is 1.14 bits per heavy atom. The van der Waals surface area contributed by atoms with E-state index in [4.69, 9.17) is 14.2 Å². The van der Waals surface area contributed by atoms with Gasteiger partial charge in [0.2, 0.25) is 5.91 Å². The van der Waals surface area contributed by atoms with Crippen LogP contribution in [0, 0.1) is 0 Å². The zero-order chi connectivity index (χ0) is 15.7. The summed E-state index contributed by atoms with van der Waals surface area (Å²) in [5, 5.41) is 3.93. The highest BCUT2D eigenvalue weighted by Crippen LogP contribution is 2.33. The van der Waals surface area contributed by atoms with Gasteiger partial charge in [0.05, 0.1) is 27.5 Å². The van der Waals surface area contributed by atoms with Crippen LogP contribution in [0.1, 0.15) is 31.7 Å². The summed E-state index contributed by atoms with van der Waals surface area (Å²) >= 11 is 0. The van der Waals surface area contributed by atoms with Crippen molar-refractivity contribution in [1.82, 2.24) is 5.43 Å². The number of ether oxygens (including phenoxy) is 3. The Balaban J connectivity index is 2.84. The first-order valence-electron chi connectivity index (χ1n) is 6.78. The molecule has 0 saturated carbocycles. The van der Waals surface area contributed by atoms with Crippen molar-refractivity contribution in [3.05, 3.63) is 17.7 Å². The summed E-state index contributed by atoms with van der Waals surface area (Å²) in [7, 11) is 4.66. The number of nitrogens with one attached hydrogen (secondary N) is 1. The maximum absolute atomic E-state index is 11.5. The lowest BCUT2D eigenvalue weighted by atomic mass is 10.2. The fourth-order valence-corrected chi connectivity index (χ4v) is 1.72. The second-order valence-corrected chi connectivity index (χ2v) is 4.35. The van der Waals surface area contributed by atoms with Gasteiger partial charge in [-0.15, -0.1) is 0 Å². The summed E-state index contributed by atoms with van der Waals surface area (Å²) in [5.41, 5.74) is 3.17. The minimum atomic E-state index is -0.104. The Hall–Kier alpha value is -2.24. The van der Waals surface area contributed by atoms with E-state index >= 15 is 0 Å². The van der Waals surface area contributed by atoms with Crippen LogP contribution in [0.3, 0.4) is 0 Å². The molecule has 0 aliphatic rings. The predicted molar refractivity (Wildman–Crippen MR) is 81.4 cm³/mol. The SMILES string of the molecule is CCCCC(=O)NN=Cc1cc(OC)c(OC)cc1OC. The Kier molecular flexibility index (Phi) is 7.08. The average molecular weight is 294 g/mol. The third kappa shape index (κ3) is 4.98. The van der Waals surface area contributed by atoms with Crippen LogP contribution in [0.15, 0.2) is 17.2 Å². The average Bonchev–Trinajstić information content (AvgIpc) is 2.52. The quantitative estimate of drug-likeness (QED) is 0.590. The van der Waals surface area contributed by atoms with E-state index in [0.717, 1.165) is 12.8 Å². The first-order chi connectivity index (χ1) is 10.2. The van der Waals surface area contributed by atoms with E-state index in [2.05, 4.69) is 10.5 Å². The highest BCUT2D eigenvalue weighted by atomic mass is 16.5. The van der Waals surface area contributed by atoms with Crippen LogP contribution in [-0.2, 0) is 4.79 Å². The van der Waals surface area contributed by atoms with Gasteiger partial charge < -0.3 is 14.2 Å². The molecule has 116 valence electrons. The molecule has 6 nitrogen and oxygen atoms in total. The number of carbonyl (C=O) groups excluding carboxylic acids is 1. The van der Waals surface area contributed by atoms with Crippen molar-refractivity contribution in [1.29, 1.82) is 0 Å². The number of hydrogen-bond donors (Lipinski definition) is 1. The maximum atomic E-state index is 11.5. The number of benzene rings is 1. The second-order valence-electron chi connectivity index (χ2n) is 4.35. The molecule has 0 unspecified atom stereocenters. The van der Waals surface area contributed by atoms with Gasteiger partial charge in [0.1, 0.15) is 5.75 Å². The number of hydrogen-bond acceptors (Lipinski definition) is 5. The van der Waals surface area contributed by atoms with Crippen molar-refractivity contribution in [2.75, 3.05) is 21.3 Å². The molecule has 0 heterocycles. The molecule has 0 spiro atoms. The lowest BCUT2D eigenvalue weighted by Gasteiger charge is -2.11. The van der Waals surface area contributed by atoms with Crippen LogP contribution in [0.4, 0.5) is 0 Å². The van der Waals surface area contributed by atoms with E-state index in [0.29, 0.717) is 29.2 Å². The highest BCUT2D eigenvalue weighted by Gasteiger charge is 2.10. The zero-order valence-corrected chi connectivity index (χ0v) is 12.9. The van der Waals surface area contributed by atoms with E-state index in [1.54, 1.807) is 33.5 Å². The summed E-state index contributed by atoms with van der Waals surface area (Å²) in [6, 6.07) is 3.44. The number of amides is 1. The lowest BCUT2D eigenvalue weighted by Crippen LogP contribution is -2.16. The molecule has 1 aromatic carbocycles. The van der Waals surface area contributed by atoms with Crippen LogP contribution < -0.4 is 19.6 Å². The summed E-state index contributed by atoms with van der Waals surface area (Å²) in [6.45, 7) is 2.03. The lowest BCUT2D eigenvalue weighted by molar-refractivity contribution is -0.121. The number of carbonyl (C=O) groups is 1. The van der Waals surface area contributed by atoms with Crippen molar-refractivity contribution in [2.45, 2.75) is 26.2 Å². The minimum absolute atomic E-state index is 0.104. The van der Waals surface area contributed by atoms with Gasteiger partial charge in [0.15, 0.2) is 11.5 Å². The molecule has 1 N–H and O–H groups in total. The molecule has 0 aliphatic heterocycles. The zero-order valence-electron chi connectivity index (χ0n) is 12.9. The first-order valence-corrected chi connectivity index (χ1v) is 6.78. The Morgan fingerprint density at radius 3 is 2.33 bits per heavy atom. The third-order valence-corrected chi connectivity index (χ3v) is 2.89. The van der Waals surface area contributed by atoms with Crippen molar-refractivity contribution >= 4 is 12.1 Å². The highest BCUT2D eigenvalue weighted by molar-refractivity contribution is 5.86. The molecule has 0 radical (unpaired) electrons. The standard InChI is InChI=1S/C15H22N2O4/c1-5-6-7-15(18)17-16-10-11-8-13(20-3)14(21-4)9-12(11)19-2/h8-10H,5-7H2,1-4H3,(H,17,18). The maximum Gasteiger partial charge on any atom is 0.240 e. The molecule has 1 aromatic rings. The molecule has 0 fully saturated rings. The Bertz CT molecular complexity index is 501. The molecule has 21 heavy (non-hydrogen) atoms. The molecular formula is C15H22N2O4. The summed E-state index contributed by atoms with van der Waals surface area (Å²) in [5.74, 6) is 1.61. The molecule has 0 saturated heterocycles. The molecule has 1 rings (SSSR count). The van der Waals surface area contributed by atoms with Crippen LogP contribution in [0.5, 0.6) is 17.2 Å². The second kappa shape index (κ2) is 8.84. The topological polar surface area (TPSA) is 69.2 Å². The molecule has 0 atom stereocenters. The van der Waals surface area contributed by atoms with Gasteiger partial charge in [-0.3, -0.25) is 4.79 Å². The van der Waals surface area contributed by atoms with E-state index in [-0.39, 0.29) is 5.91 Å². The predicted octanol–water partition coefficient (Wildman–Crippen LogP) is 2.35. The monoisotopic (exact) mass is 294 g/mol. The van der Waals surface area contributed by atoms with Gasteiger partial charge in [-0.1, -0.05) is 13.3 Å². The van der Waals surface area contributed by atoms with Crippen molar-refractivity contribution in [2.24, 2.45) is 5.10 Å². The molecule has 6 heteroatoms. The summed E-state index contributed by atoms with van der Waals surface area (Å²) in [6.07, 6.45) is 3.81. The van der Waals surface area contributed by atoms with Gasteiger partial charge in [-0.25, -0.2) is 5.43 Å². The van der Waals surface area contributed by atoms with Crippen molar-refractivity contribution < 1.29 is 19.0 Å². The molecule has 1 amide bonds. The fourth-order valence-electron chi connectivity index (χ4n) is 1.72. The van der Waals surface area contributed by atoms with Gasteiger partial charge >= 0.3 is 0 Å².